The lowest BCUT2D eigenvalue weighted by atomic mass is 10.2. The fraction of sp³-hybridized carbons (Fsp3) is 0.364. The van der Waals surface area contributed by atoms with E-state index in [0.717, 1.165) is 11.3 Å². The molecule has 3 rings (SSSR count). The molecular weight excluding hydrogens is 356 g/mol. The summed E-state index contributed by atoms with van der Waals surface area (Å²) in [5.41, 5.74) is 1.15. The smallest absolute Gasteiger partial charge is 0.260 e. The molecule has 1 heterocycles. The topological polar surface area (TPSA) is 59.1 Å². The zero-order valence-corrected chi connectivity index (χ0v) is 16.2. The number of rotatable bonds is 7. The minimum atomic E-state index is -0.0555. The molecule has 6 heteroatoms. The summed E-state index contributed by atoms with van der Waals surface area (Å²) < 4.78 is 11.1. The van der Waals surface area contributed by atoms with Crippen LogP contribution < -0.4 is 9.47 Å². The van der Waals surface area contributed by atoms with E-state index in [1.807, 2.05) is 61.5 Å². The molecule has 148 valence electrons. The first-order valence-corrected chi connectivity index (χ1v) is 9.55. The molecule has 0 bridgehead atoms. The zero-order valence-electron chi connectivity index (χ0n) is 16.2. The second-order valence-corrected chi connectivity index (χ2v) is 6.77. The molecule has 6 nitrogen and oxygen atoms in total. The van der Waals surface area contributed by atoms with Crippen LogP contribution >= 0.6 is 0 Å². The van der Waals surface area contributed by atoms with Crippen molar-refractivity contribution in [2.75, 3.05) is 39.4 Å². The highest BCUT2D eigenvalue weighted by molar-refractivity contribution is 5.79. The van der Waals surface area contributed by atoms with Gasteiger partial charge in [0, 0.05) is 26.2 Å². The summed E-state index contributed by atoms with van der Waals surface area (Å²) in [5, 5.41) is 0. The van der Waals surface area contributed by atoms with Crippen molar-refractivity contribution < 1.29 is 19.1 Å². The van der Waals surface area contributed by atoms with Gasteiger partial charge in [-0.1, -0.05) is 35.9 Å². The van der Waals surface area contributed by atoms with Gasteiger partial charge in [-0.25, -0.2) is 0 Å². The van der Waals surface area contributed by atoms with E-state index < -0.39 is 0 Å². The molecule has 0 N–H and O–H groups in total. The molecule has 2 aromatic carbocycles. The van der Waals surface area contributed by atoms with Gasteiger partial charge in [-0.3, -0.25) is 9.59 Å². The maximum Gasteiger partial charge on any atom is 0.260 e. The number of hydrogen-bond donors (Lipinski definition) is 0. The fourth-order valence-corrected chi connectivity index (χ4v) is 3.01. The lowest BCUT2D eigenvalue weighted by Gasteiger charge is -2.34. The van der Waals surface area contributed by atoms with Gasteiger partial charge in [0.1, 0.15) is 11.5 Å². The van der Waals surface area contributed by atoms with Crippen LogP contribution in [0.3, 0.4) is 0 Å². The van der Waals surface area contributed by atoms with Crippen LogP contribution in [0.25, 0.3) is 0 Å². The van der Waals surface area contributed by atoms with E-state index >= 15 is 0 Å². The Bertz CT molecular complexity index is 769. The van der Waals surface area contributed by atoms with E-state index in [1.54, 1.807) is 9.80 Å². The van der Waals surface area contributed by atoms with Crippen molar-refractivity contribution in [3.63, 3.8) is 0 Å². The third-order valence-corrected chi connectivity index (χ3v) is 4.70. The van der Waals surface area contributed by atoms with E-state index in [4.69, 9.17) is 9.47 Å². The summed E-state index contributed by atoms with van der Waals surface area (Å²) >= 11 is 0. The number of aryl methyl sites for hydroxylation is 1. The minimum Gasteiger partial charge on any atom is -0.493 e. The fourth-order valence-electron chi connectivity index (χ4n) is 3.01. The van der Waals surface area contributed by atoms with E-state index in [2.05, 4.69) is 0 Å². The Morgan fingerprint density at radius 1 is 0.786 bits per heavy atom. The van der Waals surface area contributed by atoms with E-state index in [9.17, 15) is 9.59 Å². The van der Waals surface area contributed by atoms with Crippen LogP contribution in [-0.2, 0) is 9.59 Å². The lowest BCUT2D eigenvalue weighted by Crippen LogP contribution is -2.51. The quantitative estimate of drug-likeness (QED) is 0.738. The highest BCUT2D eigenvalue weighted by Crippen LogP contribution is 2.12. The zero-order chi connectivity index (χ0) is 19.8. The highest BCUT2D eigenvalue weighted by Gasteiger charge is 2.24. The van der Waals surface area contributed by atoms with E-state index in [-0.39, 0.29) is 18.4 Å². The Morgan fingerprint density at radius 2 is 1.36 bits per heavy atom. The second kappa shape index (κ2) is 9.78. The largest absolute Gasteiger partial charge is 0.493 e. The van der Waals surface area contributed by atoms with Crippen molar-refractivity contribution in [2.45, 2.75) is 13.3 Å². The summed E-state index contributed by atoms with van der Waals surface area (Å²) in [6, 6.07) is 17.1. The van der Waals surface area contributed by atoms with Crippen molar-refractivity contribution in [1.29, 1.82) is 0 Å². The van der Waals surface area contributed by atoms with Gasteiger partial charge in [-0.05, 0) is 31.2 Å². The Kier molecular flexibility index (Phi) is 6.89. The van der Waals surface area contributed by atoms with E-state index in [0.29, 0.717) is 45.0 Å². The lowest BCUT2D eigenvalue weighted by molar-refractivity contribution is -0.141. The molecule has 1 saturated heterocycles. The van der Waals surface area contributed by atoms with Gasteiger partial charge in [0.05, 0.1) is 13.0 Å². The summed E-state index contributed by atoms with van der Waals surface area (Å²) in [5.74, 6) is 1.45. The van der Waals surface area contributed by atoms with Crippen LogP contribution in [0.1, 0.15) is 12.0 Å². The summed E-state index contributed by atoms with van der Waals surface area (Å²) in [7, 11) is 0. The van der Waals surface area contributed by atoms with E-state index in [1.165, 1.54) is 0 Å². The molecule has 0 radical (unpaired) electrons. The van der Waals surface area contributed by atoms with Crippen LogP contribution in [0.5, 0.6) is 11.5 Å². The first kappa shape index (κ1) is 19.7. The maximum atomic E-state index is 12.3. The number of para-hydroxylation sites is 1. The SMILES string of the molecule is Cc1ccc(OCC(=O)N2CCN(C(=O)CCOc3ccccc3)CC2)cc1. The Labute approximate surface area is 165 Å². The maximum absolute atomic E-state index is 12.3. The summed E-state index contributed by atoms with van der Waals surface area (Å²) in [6.07, 6.45) is 0.333. The predicted molar refractivity (Wildman–Crippen MR) is 106 cm³/mol. The number of amides is 2. The van der Waals surface area contributed by atoms with Gasteiger partial charge >= 0.3 is 0 Å². The standard InChI is InChI=1S/C22H26N2O4/c1-18-7-9-20(10-8-18)28-17-22(26)24-14-12-23(13-15-24)21(25)11-16-27-19-5-3-2-4-6-19/h2-10H,11-17H2,1H3. The first-order valence-electron chi connectivity index (χ1n) is 9.55. The van der Waals surface area contributed by atoms with Crippen LogP contribution in [0.15, 0.2) is 54.6 Å². The predicted octanol–water partition coefficient (Wildman–Crippen LogP) is 2.51. The number of benzene rings is 2. The average Bonchev–Trinajstić information content (AvgIpc) is 2.74. The first-order chi connectivity index (χ1) is 13.6. The van der Waals surface area contributed by atoms with Gasteiger partial charge < -0.3 is 19.3 Å². The third-order valence-electron chi connectivity index (χ3n) is 4.70. The number of piperazine rings is 1. The molecule has 1 aliphatic rings. The number of carbonyl (C=O) groups is 2. The van der Waals surface area contributed by atoms with Gasteiger partial charge in [0.15, 0.2) is 6.61 Å². The minimum absolute atomic E-state index is 0.0158. The van der Waals surface area contributed by atoms with Crippen molar-refractivity contribution in [3.05, 3.63) is 60.2 Å². The molecule has 0 spiro atoms. The average molecular weight is 382 g/mol. The number of carbonyl (C=O) groups excluding carboxylic acids is 2. The normalized spacial score (nSPS) is 13.9. The van der Waals surface area contributed by atoms with Crippen LogP contribution in [0.4, 0.5) is 0 Å². The van der Waals surface area contributed by atoms with Crippen LogP contribution in [-0.4, -0.2) is 61.0 Å². The molecule has 0 aromatic heterocycles. The number of nitrogens with zero attached hydrogens (tertiary/aromatic N) is 2. The van der Waals surface area contributed by atoms with Crippen LogP contribution in [0.2, 0.25) is 0 Å². The molecule has 2 aromatic rings. The number of hydrogen-bond acceptors (Lipinski definition) is 4. The number of ether oxygens (including phenoxy) is 2. The third kappa shape index (κ3) is 5.74. The molecular formula is C22H26N2O4. The molecule has 1 aliphatic heterocycles. The van der Waals surface area contributed by atoms with Crippen molar-refractivity contribution in [2.24, 2.45) is 0 Å². The Balaban J connectivity index is 1.35. The summed E-state index contributed by atoms with van der Waals surface area (Å²) in [4.78, 5) is 28.2. The Morgan fingerprint density at radius 3 is 2.00 bits per heavy atom. The van der Waals surface area contributed by atoms with Gasteiger partial charge in [-0.2, -0.15) is 0 Å². The van der Waals surface area contributed by atoms with Gasteiger partial charge in [0.2, 0.25) is 5.91 Å². The molecule has 0 aliphatic carbocycles. The van der Waals surface area contributed by atoms with Crippen LogP contribution in [0, 0.1) is 6.92 Å². The Hall–Kier alpha value is -3.02. The monoisotopic (exact) mass is 382 g/mol. The molecule has 28 heavy (non-hydrogen) atoms. The highest BCUT2D eigenvalue weighted by atomic mass is 16.5. The van der Waals surface area contributed by atoms with Gasteiger partial charge in [-0.15, -0.1) is 0 Å². The molecule has 0 saturated carbocycles. The van der Waals surface area contributed by atoms with Gasteiger partial charge in [0.25, 0.3) is 5.91 Å². The molecule has 0 unspecified atom stereocenters. The van der Waals surface area contributed by atoms with Crippen molar-refractivity contribution >= 4 is 11.8 Å². The van der Waals surface area contributed by atoms with Crippen molar-refractivity contribution in [3.8, 4) is 11.5 Å². The summed E-state index contributed by atoms with van der Waals surface area (Å²) in [6.45, 7) is 4.52. The van der Waals surface area contributed by atoms with Crippen molar-refractivity contribution in [1.82, 2.24) is 9.80 Å². The molecule has 1 fully saturated rings. The second-order valence-electron chi connectivity index (χ2n) is 6.77. The molecule has 0 atom stereocenters. The molecule has 2 amide bonds.